The van der Waals surface area contributed by atoms with Crippen LogP contribution in [0, 0.1) is 29.1 Å². The van der Waals surface area contributed by atoms with E-state index < -0.39 is 0 Å². The number of rotatable bonds is 29. The monoisotopic (exact) mass is 1730 g/mol. The normalized spacial score (nSPS) is 16.1. The zero-order valence-corrected chi connectivity index (χ0v) is 75.0. The highest BCUT2D eigenvalue weighted by Gasteiger charge is 2.56. The molecule has 0 saturated heterocycles. The molecule has 4 bridgehead atoms. The number of fused-ring (bicyclic) bond motifs is 1. The molecule has 124 heavy (non-hydrogen) atoms. The third kappa shape index (κ3) is 25.5. The molecular formula is C111H111O8S5+5. The molecule has 0 atom stereocenters. The number of carbonyl (C=O) groups excluding carboxylic acids is 4. The van der Waals surface area contributed by atoms with E-state index in [9.17, 15) is 19.2 Å². The van der Waals surface area contributed by atoms with Gasteiger partial charge in [0.25, 0.3) is 0 Å². The lowest BCUT2D eigenvalue weighted by molar-refractivity contribution is -0.142. The van der Waals surface area contributed by atoms with Crippen molar-refractivity contribution < 1.29 is 38.1 Å². The Morgan fingerprint density at radius 2 is 0.621 bits per heavy atom. The van der Waals surface area contributed by atoms with E-state index in [0.29, 0.717) is 54.6 Å². The second kappa shape index (κ2) is 46.7. The molecule has 13 heteroatoms. The van der Waals surface area contributed by atoms with Gasteiger partial charge in [0.05, 0.1) is 61.1 Å². The molecule has 5 fully saturated rings. The molecule has 628 valence electrons. The maximum atomic E-state index is 13.7. The number of Topliss-reactive ketones (excluding diaryl/α,β-unsaturated/α-hetero) is 3. The molecule has 0 unspecified atom stereocenters. The van der Waals surface area contributed by atoms with E-state index in [1.165, 1.54) is 123 Å². The third-order valence-corrected chi connectivity index (χ3v) is 34.2. The van der Waals surface area contributed by atoms with Gasteiger partial charge in [0.15, 0.2) is 87.6 Å². The van der Waals surface area contributed by atoms with Crippen molar-refractivity contribution in [3.63, 3.8) is 0 Å². The van der Waals surface area contributed by atoms with Crippen LogP contribution in [0.5, 0.6) is 11.5 Å². The Balaban J connectivity index is 0.000000126. The maximum absolute atomic E-state index is 13.7. The first-order valence-electron chi connectivity index (χ1n) is 43.3. The van der Waals surface area contributed by atoms with Gasteiger partial charge in [-0.05, 0) is 256 Å². The first kappa shape index (κ1) is 89.4. The van der Waals surface area contributed by atoms with Crippen LogP contribution in [-0.4, -0.2) is 74.1 Å². The Kier molecular flexibility index (Phi) is 33.7. The summed E-state index contributed by atoms with van der Waals surface area (Å²) in [5.74, 6) is 7.23. The second-order valence-corrected chi connectivity index (χ2v) is 41.8. The number of methoxy groups -OCH3 is 1. The molecule has 0 heterocycles. The van der Waals surface area contributed by atoms with E-state index in [2.05, 4.69) is 279 Å². The van der Waals surface area contributed by atoms with E-state index in [-0.39, 0.29) is 78.2 Å². The molecule has 5 aliphatic rings. The smallest absolute Gasteiger partial charge is 0.302 e. The summed E-state index contributed by atoms with van der Waals surface area (Å²) in [6, 6.07) is 136. The quantitative estimate of drug-likeness (QED) is 0.0198. The summed E-state index contributed by atoms with van der Waals surface area (Å²) in [6.45, 7) is 3.17. The van der Waals surface area contributed by atoms with Crippen molar-refractivity contribution in [3.8, 4) is 11.5 Å². The number of ketones is 3. The van der Waals surface area contributed by atoms with Gasteiger partial charge in [-0.25, -0.2) is 0 Å². The molecule has 0 spiro atoms. The van der Waals surface area contributed by atoms with Crippen LogP contribution < -0.4 is 9.47 Å². The van der Waals surface area contributed by atoms with Crippen LogP contribution in [-0.2, 0) is 78.3 Å². The molecule has 5 aliphatic carbocycles. The van der Waals surface area contributed by atoms with Crippen molar-refractivity contribution in [2.45, 2.75) is 136 Å². The van der Waals surface area contributed by atoms with E-state index in [4.69, 9.17) is 18.9 Å². The molecule has 0 radical (unpaired) electrons. The number of benzene rings is 14. The Morgan fingerprint density at radius 1 is 0.315 bits per heavy atom. The highest BCUT2D eigenvalue weighted by atomic mass is 32.2. The largest absolute Gasteiger partial charge is 0.491 e. The lowest BCUT2D eigenvalue weighted by atomic mass is 9.48. The highest BCUT2D eigenvalue weighted by molar-refractivity contribution is 7.98. The van der Waals surface area contributed by atoms with Gasteiger partial charge in [0.2, 0.25) is 5.78 Å². The van der Waals surface area contributed by atoms with Crippen LogP contribution in [0.1, 0.15) is 87.9 Å². The Bertz CT molecular complexity index is 5320. The molecule has 8 nitrogen and oxygen atoms in total. The van der Waals surface area contributed by atoms with Crippen LogP contribution in [0.4, 0.5) is 0 Å². The zero-order chi connectivity index (χ0) is 85.3. The van der Waals surface area contributed by atoms with Gasteiger partial charge in [-0.15, -0.1) is 0 Å². The van der Waals surface area contributed by atoms with Crippen molar-refractivity contribution in [1.82, 2.24) is 0 Å². The fraction of sp³-hybridized carbons (Fsp3) is 0.225. The number of esters is 1. The van der Waals surface area contributed by atoms with Gasteiger partial charge in [0, 0.05) is 30.9 Å². The zero-order valence-electron chi connectivity index (χ0n) is 70.9. The topological polar surface area (TPSA) is 105 Å². The summed E-state index contributed by atoms with van der Waals surface area (Å²) < 4.78 is 21.2. The molecular weight excluding hydrogens is 1620 g/mol. The van der Waals surface area contributed by atoms with Crippen LogP contribution in [0.25, 0.3) is 10.8 Å². The molecule has 14 aromatic carbocycles. The first-order valence-corrected chi connectivity index (χ1v) is 49.9. The van der Waals surface area contributed by atoms with Crippen molar-refractivity contribution >= 4 is 88.6 Å². The maximum Gasteiger partial charge on any atom is 0.302 e. The van der Waals surface area contributed by atoms with Crippen molar-refractivity contribution in [2.75, 3.05) is 50.8 Å². The summed E-state index contributed by atoms with van der Waals surface area (Å²) in [5, 5.41) is 2.27. The number of hydrogen-bond acceptors (Lipinski definition) is 8. The predicted octanol–water partition coefficient (Wildman–Crippen LogP) is 25.7. The van der Waals surface area contributed by atoms with E-state index >= 15 is 0 Å². The molecule has 0 aromatic heterocycles. The number of ether oxygens (including phenoxy) is 4. The highest BCUT2D eigenvalue weighted by Crippen LogP contribution is 2.61. The number of carbonyl (C=O) groups is 4. The van der Waals surface area contributed by atoms with Crippen molar-refractivity contribution in [2.24, 2.45) is 29.1 Å². The van der Waals surface area contributed by atoms with Crippen LogP contribution in [0.15, 0.2) is 453 Å². The third-order valence-electron chi connectivity index (χ3n) is 23.0. The minimum atomic E-state index is -0.293. The van der Waals surface area contributed by atoms with E-state index in [1.807, 2.05) is 115 Å². The van der Waals surface area contributed by atoms with Gasteiger partial charge in [-0.2, -0.15) is 0 Å². The van der Waals surface area contributed by atoms with Gasteiger partial charge < -0.3 is 18.9 Å². The van der Waals surface area contributed by atoms with Gasteiger partial charge in [0.1, 0.15) is 31.3 Å². The Labute approximate surface area is 748 Å². The van der Waals surface area contributed by atoms with Crippen molar-refractivity contribution in [3.05, 3.63) is 400 Å². The minimum absolute atomic E-state index is 0.0174. The molecule has 19 rings (SSSR count). The molecule has 0 N–H and O–H groups in total. The van der Waals surface area contributed by atoms with Gasteiger partial charge in [-0.1, -0.05) is 238 Å². The van der Waals surface area contributed by atoms with Gasteiger partial charge in [-0.3, -0.25) is 19.2 Å². The molecule has 5 saturated carbocycles. The van der Waals surface area contributed by atoms with E-state index in [0.717, 1.165) is 58.4 Å². The average Bonchev–Trinajstić information content (AvgIpc) is 0.736. The van der Waals surface area contributed by atoms with E-state index in [1.54, 1.807) is 7.11 Å². The fourth-order valence-electron chi connectivity index (χ4n) is 17.4. The standard InChI is InChI=1S/C24H27OS.C24H19OS.C22H21O3S.C21H21O2S.C20H23OS/c25-23(24-14-18-11-19(15-24)13-20(12-18)16-24)17-26(21-7-3-1-4-8-21)22-9-5-2-6-10-22;25-24(21-16-15-19-9-7-8-10-20(19)17-21)18-26(22-11-3-1-4-12-22)23-13-5-2-6-14-23;1-18(23)24-16-17-25-19-12-14-22(15-13-19)26(20-8-4-2-5-9-20)21-10-6-3-7-11-21;1-22-16-17-23-18-12-14-21(15-13-18)24(19-8-4-2-5-9-19)20-10-6-3-7-11-20;21-20(17-10-4-1-5-11-17)16-22(18-12-6-2-7-13-18)19-14-8-3-9-15-19/h1-10,18-20H,11-17H2;1-17H,18H2;2-15H,16-17H2,1H3;2-15H,16-17H2,1H3;2-3,6-9,12-15,17H,1,4-5,10-11,16H2/q5*+1. The molecule has 0 amide bonds. The lowest BCUT2D eigenvalue weighted by Crippen LogP contribution is -2.51. The SMILES string of the molecule is CC(=O)OCCOc1ccc([S+](c2ccccc2)c2ccccc2)cc1.COCCOc1ccc([S+](c2ccccc2)c2ccccc2)cc1.O=C(C[S+](c1ccccc1)c1ccccc1)C12CC3CC(CC(C3)C1)C2.O=C(C[S+](c1ccccc1)c1ccccc1)C1CCCCC1.O=C(C[S+](c1ccccc1)c1ccccc1)c1ccc2ccccc2c1. The molecule has 14 aromatic rings. The van der Waals surface area contributed by atoms with Gasteiger partial charge >= 0.3 is 5.97 Å². The lowest BCUT2D eigenvalue weighted by Gasteiger charge is -2.55. The first-order chi connectivity index (χ1) is 61.0. The average molecular weight is 1730 g/mol. The van der Waals surface area contributed by atoms with Crippen LogP contribution in [0.2, 0.25) is 0 Å². The fourth-order valence-corrected chi connectivity index (χ4v) is 27.8. The van der Waals surface area contributed by atoms with Crippen molar-refractivity contribution in [1.29, 1.82) is 0 Å². The summed E-state index contributed by atoms with van der Waals surface area (Å²) in [4.78, 5) is 65.5. The summed E-state index contributed by atoms with van der Waals surface area (Å²) in [5.41, 5.74) is 0.803. The number of hydrogen-bond donors (Lipinski definition) is 0. The summed E-state index contributed by atoms with van der Waals surface area (Å²) in [6.07, 6.45) is 13.7. The Morgan fingerprint density at radius 3 is 0.968 bits per heavy atom. The molecule has 0 aliphatic heterocycles. The minimum Gasteiger partial charge on any atom is -0.491 e. The summed E-state index contributed by atoms with van der Waals surface area (Å²) in [7, 11) is 0.865. The predicted molar refractivity (Wildman–Crippen MR) is 513 cm³/mol. The second-order valence-electron chi connectivity index (χ2n) is 31.7. The van der Waals surface area contributed by atoms with Crippen LogP contribution in [0.3, 0.4) is 0 Å². The summed E-state index contributed by atoms with van der Waals surface area (Å²) >= 11 is 0. The Hall–Kier alpha value is -10.9. The van der Waals surface area contributed by atoms with Crippen LogP contribution >= 0.6 is 0 Å².